The van der Waals surface area contributed by atoms with Crippen LogP contribution in [-0.4, -0.2) is 54.9 Å². The van der Waals surface area contributed by atoms with Gasteiger partial charge >= 0.3 is 31.7 Å². The molecule has 0 aromatic carbocycles. The zero-order chi connectivity index (χ0) is 24.9. The van der Waals surface area contributed by atoms with Gasteiger partial charge in [-0.2, -0.15) is 0 Å². The van der Waals surface area contributed by atoms with Crippen molar-refractivity contribution in [1.82, 2.24) is 0 Å². The van der Waals surface area contributed by atoms with Gasteiger partial charge in [-0.1, -0.05) is 6.92 Å². The van der Waals surface area contributed by atoms with E-state index in [1.165, 1.54) is 0 Å². The standard InChI is InChI=1S/C20H50O6Si5/c1-15-20(2,3)19(21)22-17-16-18-28(7,8)24-30(11,12)26-31(13,14)25-29(9,10)23-27(4,5)6/h15-18H2,1-14H3. The first-order chi connectivity index (χ1) is 13.5. The predicted molar refractivity (Wildman–Crippen MR) is 142 cm³/mol. The zero-order valence-corrected chi connectivity index (χ0v) is 27.8. The van der Waals surface area contributed by atoms with Crippen LogP contribution in [0.1, 0.15) is 33.6 Å². The molecule has 0 radical (unpaired) electrons. The van der Waals surface area contributed by atoms with Crippen molar-refractivity contribution >= 4 is 48.3 Å². The minimum atomic E-state index is -2.40. The molecule has 0 aromatic heterocycles. The van der Waals surface area contributed by atoms with Crippen molar-refractivity contribution in [3.05, 3.63) is 0 Å². The summed E-state index contributed by atoms with van der Waals surface area (Å²) in [6.07, 6.45) is 1.59. The third kappa shape index (κ3) is 14.3. The van der Waals surface area contributed by atoms with Crippen molar-refractivity contribution in [2.45, 2.75) is 112 Å². The Morgan fingerprint density at radius 2 is 1.13 bits per heavy atom. The van der Waals surface area contributed by atoms with Crippen LogP contribution < -0.4 is 0 Å². The van der Waals surface area contributed by atoms with Crippen LogP contribution in [0.3, 0.4) is 0 Å². The maximum absolute atomic E-state index is 12.1. The lowest BCUT2D eigenvalue weighted by Gasteiger charge is -2.42. The molecule has 6 nitrogen and oxygen atoms in total. The second-order valence-electron chi connectivity index (χ2n) is 12.0. The van der Waals surface area contributed by atoms with Gasteiger partial charge in [-0.25, -0.2) is 0 Å². The van der Waals surface area contributed by atoms with E-state index in [-0.39, 0.29) is 5.97 Å². The molecule has 0 heterocycles. The number of carbonyl (C=O) groups excluding carboxylic acids is 1. The van der Waals surface area contributed by atoms with Gasteiger partial charge in [0.2, 0.25) is 0 Å². The first-order valence-corrected chi connectivity index (χ1v) is 26.5. The summed E-state index contributed by atoms with van der Waals surface area (Å²) in [5, 5.41) is 0. The molecular weight excluding hydrogens is 477 g/mol. The second-order valence-corrected chi connectivity index (χ2v) is 31.9. The summed E-state index contributed by atoms with van der Waals surface area (Å²) in [6, 6.07) is 0.925. The molecule has 31 heavy (non-hydrogen) atoms. The zero-order valence-electron chi connectivity index (χ0n) is 22.8. The molecule has 11 heteroatoms. The van der Waals surface area contributed by atoms with Crippen molar-refractivity contribution in [1.29, 1.82) is 0 Å². The summed E-state index contributed by atoms with van der Waals surface area (Å²) < 4.78 is 31.5. The van der Waals surface area contributed by atoms with E-state index in [2.05, 4.69) is 72.0 Å². The minimum Gasteiger partial charge on any atom is -0.465 e. The summed E-state index contributed by atoms with van der Waals surface area (Å²) in [5.41, 5.74) is -0.418. The second kappa shape index (κ2) is 11.2. The van der Waals surface area contributed by atoms with E-state index in [4.69, 9.17) is 21.2 Å². The summed E-state index contributed by atoms with van der Waals surface area (Å²) in [6.45, 7) is 29.9. The Hall–Kier alpha value is 0.394. The topological polar surface area (TPSA) is 63.2 Å². The number of rotatable bonds is 14. The first-order valence-electron chi connectivity index (χ1n) is 11.5. The molecule has 0 aliphatic rings. The molecule has 0 rings (SSSR count). The highest BCUT2D eigenvalue weighted by atomic mass is 28.5. The van der Waals surface area contributed by atoms with Crippen LogP contribution in [-0.2, 0) is 26.0 Å². The Morgan fingerprint density at radius 3 is 1.55 bits per heavy atom. The molecule has 0 aromatic rings. The summed E-state index contributed by atoms with van der Waals surface area (Å²) >= 11 is 0. The fourth-order valence-electron chi connectivity index (χ4n) is 3.70. The fourth-order valence-corrected chi connectivity index (χ4v) is 27.4. The average Bonchev–Trinajstić information content (AvgIpc) is 2.44. The molecule has 0 N–H and O–H groups in total. The van der Waals surface area contributed by atoms with Crippen molar-refractivity contribution in [3.63, 3.8) is 0 Å². The molecule has 0 aliphatic heterocycles. The number of hydrogen-bond acceptors (Lipinski definition) is 6. The Bertz CT molecular complexity index is 585. The van der Waals surface area contributed by atoms with Crippen LogP contribution in [0.25, 0.3) is 0 Å². The van der Waals surface area contributed by atoms with Gasteiger partial charge in [0.25, 0.3) is 0 Å². The van der Waals surface area contributed by atoms with Crippen LogP contribution >= 0.6 is 0 Å². The van der Waals surface area contributed by atoms with Crippen LogP contribution in [0, 0.1) is 5.41 Å². The largest absolute Gasteiger partial charge is 0.465 e. The lowest BCUT2D eigenvalue weighted by atomic mass is 9.91. The molecule has 0 aliphatic carbocycles. The molecule has 0 bridgehead atoms. The van der Waals surface area contributed by atoms with Gasteiger partial charge in [0.15, 0.2) is 16.6 Å². The minimum absolute atomic E-state index is 0.120. The number of esters is 1. The van der Waals surface area contributed by atoms with E-state index >= 15 is 0 Å². The van der Waals surface area contributed by atoms with E-state index in [0.29, 0.717) is 6.61 Å². The van der Waals surface area contributed by atoms with Crippen molar-refractivity contribution in [2.24, 2.45) is 5.41 Å². The third-order valence-electron chi connectivity index (χ3n) is 4.65. The van der Waals surface area contributed by atoms with E-state index in [1.54, 1.807) is 0 Å². The highest BCUT2D eigenvalue weighted by Crippen LogP contribution is 2.27. The van der Waals surface area contributed by atoms with Gasteiger partial charge in [0.05, 0.1) is 12.0 Å². The van der Waals surface area contributed by atoms with Crippen molar-refractivity contribution in [2.75, 3.05) is 6.61 Å². The number of hydrogen-bond donors (Lipinski definition) is 0. The summed E-state index contributed by atoms with van der Waals surface area (Å²) in [5.74, 6) is -0.120. The highest BCUT2D eigenvalue weighted by Gasteiger charge is 2.45. The van der Waals surface area contributed by atoms with E-state index < -0.39 is 47.7 Å². The number of carbonyl (C=O) groups is 1. The molecule has 0 fully saturated rings. The van der Waals surface area contributed by atoms with Gasteiger partial charge in [-0.05, 0) is 105 Å². The van der Waals surface area contributed by atoms with Gasteiger partial charge in [0.1, 0.15) is 0 Å². The SMILES string of the molecule is CCC(C)(C)C(=O)OCCC[Si](C)(C)O[Si](C)(C)O[Si](C)(C)O[Si](C)(C)O[Si](C)(C)C. The number of ether oxygens (including phenoxy) is 1. The quantitative estimate of drug-likeness (QED) is 0.145. The molecule has 0 saturated carbocycles. The Morgan fingerprint density at radius 1 is 0.710 bits per heavy atom. The van der Waals surface area contributed by atoms with Crippen LogP contribution in [0.5, 0.6) is 0 Å². The molecule has 0 amide bonds. The smallest absolute Gasteiger partial charge is 0.314 e. The van der Waals surface area contributed by atoms with E-state index in [0.717, 1.165) is 18.9 Å². The van der Waals surface area contributed by atoms with E-state index in [9.17, 15) is 4.79 Å². The maximum atomic E-state index is 12.1. The highest BCUT2D eigenvalue weighted by molar-refractivity contribution is 6.90. The monoisotopic (exact) mass is 526 g/mol. The molecule has 0 saturated heterocycles. The summed E-state index contributed by atoms with van der Waals surface area (Å²) in [4.78, 5) is 12.1. The van der Waals surface area contributed by atoms with Crippen LogP contribution in [0.15, 0.2) is 0 Å². The Kier molecular flexibility index (Phi) is 11.4. The van der Waals surface area contributed by atoms with Crippen LogP contribution in [0.2, 0.25) is 78.1 Å². The van der Waals surface area contributed by atoms with Gasteiger partial charge in [-0.3, -0.25) is 4.79 Å². The fraction of sp³-hybridized carbons (Fsp3) is 0.950. The van der Waals surface area contributed by atoms with Gasteiger partial charge < -0.3 is 21.2 Å². The maximum Gasteiger partial charge on any atom is 0.314 e. The summed E-state index contributed by atoms with van der Waals surface area (Å²) in [7, 11) is -10.7. The van der Waals surface area contributed by atoms with Crippen molar-refractivity contribution < 1.29 is 26.0 Å². The average molecular weight is 527 g/mol. The van der Waals surface area contributed by atoms with Crippen LogP contribution in [0.4, 0.5) is 0 Å². The van der Waals surface area contributed by atoms with Crippen molar-refractivity contribution in [3.8, 4) is 0 Å². The lowest BCUT2D eigenvalue weighted by molar-refractivity contribution is -0.154. The van der Waals surface area contributed by atoms with Gasteiger partial charge in [0, 0.05) is 0 Å². The molecular formula is C20H50O6Si5. The normalized spacial score (nSPS) is 14.6. The predicted octanol–water partition coefficient (Wildman–Crippen LogP) is 6.57. The lowest BCUT2D eigenvalue weighted by Crippen LogP contribution is -2.58. The molecule has 0 unspecified atom stereocenters. The Balaban J connectivity index is 4.78. The third-order valence-corrected chi connectivity index (χ3v) is 22.7. The molecule has 186 valence electrons. The first kappa shape index (κ1) is 31.4. The molecule has 0 spiro atoms. The van der Waals surface area contributed by atoms with Gasteiger partial charge in [-0.15, -0.1) is 0 Å². The molecule has 0 atom stereocenters. The Labute approximate surface area is 197 Å². The van der Waals surface area contributed by atoms with E-state index in [1.807, 2.05) is 20.8 Å².